The van der Waals surface area contributed by atoms with Crippen LogP contribution < -0.4 is 5.32 Å². The zero-order valence-corrected chi connectivity index (χ0v) is 20.8. The Balaban J connectivity index is 1.78. The summed E-state index contributed by atoms with van der Waals surface area (Å²) < 4.78 is 5.37. The van der Waals surface area contributed by atoms with Gasteiger partial charge in [-0.15, -0.1) is 17.3 Å². The maximum Gasteiger partial charge on any atom is 0.410 e. The Morgan fingerprint density at radius 2 is 2.15 bits per heavy atom. The first-order valence-corrected chi connectivity index (χ1v) is 12.1. The summed E-state index contributed by atoms with van der Waals surface area (Å²) in [5.41, 5.74) is 2.72. The largest absolute Gasteiger partial charge is 0.465 e. The number of aliphatic imine (C=N–C) groups is 1. The van der Waals surface area contributed by atoms with Crippen molar-refractivity contribution in [3.63, 3.8) is 0 Å². The van der Waals surface area contributed by atoms with Crippen molar-refractivity contribution >= 4 is 46.0 Å². The van der Waals surface area contributed by atoms with Crippen LogP contribution in [0.15, 0.2) is 34.0 Å². The lowest BCUT2D eigenvalue weighted by atomic mass is 9.91. The third kappa shape index (κ3) is 4.78. The number of thioether (sulfide) groups is 1. The quantitative estimate of drug-likeness (QED) is 0.418. The predicted octanol–water partition coefficient (Wildman–Crippen LogP) is 6.16. The number of aromatic nitrogens is 2. The molecule has 3 aromatic rings. The van der Waals surface area contributed by atoms with E-state index in [2.05, 4.69) is 27.3 Å². The highest BCUT2D eigenvalue weighted by Gasteiger charge is 2.41. The van der Waals surface area contributed by atoms with Gasteiger partial charge in [-0.05, 0) is 46.2 Å². The Morgan fingerprint density at radius 1 is 1.36 bits per heavy atom. The summed E-state index contributed by atoms with van der Waals surface area (Å²) in [5.74, 6) is 6.62. The summed E-state index contributed by atoms with van der Waals surface area (Å²) in [5, 5.41) is 16.6. The summed E-state index contributed by atoms with van der Waals surface area (Å²) in [6.07, 6.45) is 2.93. The van der Waals surface area contributed by atoms with Crippen molar-refractivity contribution in [1.82, 2.24) is 15.5 Å². The zero-order valence-electron chi connectivity index (χ0n) is 18.4. The first-order valence-electron chi connectivity index (χ1n) is 10.1. The van der Waals surface area contributed by atoms with Gasteiger partial charge in [0.25, 0.3) is 0 Å². The summed E-state index contributed by atoms with van der Waals surface area (Å²) in [6, 6.07) is 3.88. The second kappa shape index (κ2) is 9.21. The average molecular weight is 501 g/mol. The molecule has 0 unspecified atom stereocenters. The molecule has 0 radical (unpaired) electrons. The highest BCUT2D eigenvalue weighted by atomic mass is 35.5. The number of rotatable bonds is 3. The summed E-state index contributed by atoms with van der Waals surface area (Å²) in [6.45, 7) is 7.50. The number of carbonyl (C=O) groups is 1. The van der Waals surface area contributed by atoms with Crippen LogP contribution in [0.2, 0.25) is 5.02 Å². The highest BCUT2D eigenvalue weighted by molar-refractivity contribution is 8.14. The van der Waals surface area contributed by atoms with Crippen LogP contribution in [0.25, 0.3) is 10.4 Å². The van der Waals surface area contributed by atoms with Crippen molar-refractivity contribution < 1.29 is 14.4 Å². The van der Waals surface area contributed by atoms with Crippen molar-refractivity contribution in [3.05, 3.63) is 57.0 Å². The Morgan fingerprint density at radius 3 is 2.82 bits per heavy atom. The smallest absolute Gasteiger partial charge is 0.410 e. The lowest BCUT2D eigenvalue weighted by Gasteiger charge is -2.34. The van der Waals surface area contributed by atoms with Crippen LogP contribution in [-0.4, -0.2) is 26.5 Å². The van der Waals surface area contributed by atoms with Crippen LogP contribution in [0.4, 0.5) is 4.79 Å². The predicted molar refractivity (Wildman–Crippen MR) is 132 cm³/mol. The molecule has 0 saturated carbocycles. The van der Waals surface area contributed by atoms with Gasteiger partial charge < -0.3 is 9.63 Å². The average Bonchev–Trinajstić information content (AvgIpc) is 3.30. The van der Waals surface area contributed by atoms with Crippen molar-refractivity contribution in [1.29, 1.82) is 0 Å². The van der Waals surface area contributed by atoms with Gasteiger partial charge >= 0.3 is 6.09 Å². The highest BCUT2D eigenvalue weighted by Crippen LogP contribution is 2.52. The van der Waals surface area contributed by atoms with Crippen LogP contribution in [-0.2, 0) is 5.54 Å². The Hall–Kier alpha value is -2.80. The standard InChI is InChI=1S/C23H21ClN4O3S2/c1-5-6-14-7-15(11-25-10-14)17-8-16(24)20(32-17)23(4)9-18(19-12(2)28-31-13(19)3)33-21(27-23)26-22(29)30/h7-8,10-11,18H,9H2,1-4H3,(H,26,27)(H,29,30)/t18-,23-/m0/s1. The number of amidine groups is 1. The van der Waals surface area contributed by atoms with Crippen LogP contribution in [0.3, 0.4) is 0 Å². The van der Waals surface area contributed by atoms with Crippen molar-refractivity contribution in [2.45, 2.75) is 44.9 Å². The minimum Gasteiger partial charge on any atom is -0.465 e. The van der Waals surface area contributed by atoms with Gasteiger partial charge in [0.2, 0.25) is 0 Å². The molecule has 0 saturated heterocycles. The summed E-state index contributed by atoms with van der Waals surface area (Å²) in [7, 11) is 0. The molecule has 33 heavy (non-hydrogen) atoms. The fraction of sp³-hybridized carbons (Fsp3) is 0.304. The number of nitrogens with zero attached hydrogens (tertiary/aromatic N) is 3. The molecule has 7 nitrogen and oxygen atoms in total. The molecule has 0 aliphatic carbocycles. The lowest BCUT2D eigenvalue weighted by Crippen LogP contribution is -2.35. The second-order valence-electron chi connectivity index (χ2n) is 7.79. The first kappa shape index (κ1) is 23.4. The lowest BCUT2D eigenvalue weighted by molar-refractivity contribution is 0.200. The van der Waals surface area contributed by atoms with E-state index in [-0.39, 0.29) is 5.25 Å². The molecule has 1 aliphatic rings. The number of hydrogen-bond acceptors (Lipinski definition) is 7. The summed E-state index contributed by atoms with van der Waals surface area (Å²) in [4.78, 5) is 22.3. The SMILES string of the molecule is CC#Cc1cncc(-c2cc(Cl)c([C@]3(C)C[C@@H](c4c(C)noc4C)SC(NC(=O)O)=N3)s2)c1. The molecule has 10 heteroatoms. The van der Waals surface area contributed by atoms with Gasteiger partial charge in [-0.25, -0.2) is 9.79 Å². The first-order chi connectivity index (χ1) is 15.7. The number of amides is 1. The van der Waals surface area contributed by atoms with E-state index < -0.39 is 11.6 Å². The normalized spacial score (nSPS) is 20.0. The van der Waals surface area contributed by atoms with Gasteiger partial charge in [0.15, 0.2) is 5.17 Å². The molecule has 2 atom stereocenters. The number of pyridine rings is 1. The number of hydrogen-bond donors (Lipinski definition) is 2. The Labute approximate surface area is 204 Å². The van der Waals surface area contributed by atoms with Crippen molar-refractivity contribution in [2.75, 3.05) is 0 Å². The maximum atomic E-state index is 11.4. The Kier molecular flexibility index (Phi) is 6.52. The monoisotopic (exact) mass is 500 g/mol. The fourth-order valence-electron chi connectivity index (χ4n) is 3.90. The number of thiophene rings is 1. The molecule has 4 heterocycles. The molecule has 0 spiro atoms. The molecule has 1 aliphatic heterocycles. The molecular weight excluding hydrogens is 480 g/mol. The second-order valence-corrected chi connectivity index (χ2v) is 10.4. The minimum absolute atomic E-state index is 0.105. The van der Waals surface area contributed by atoms with Gasteiger partial charge in [0.1, 0.15) is 5.76 Å². The molecule has 4 rings (SSSR count). The van der Waals surface area contributed by atoms with Gasteiger partial charge in [-0.2, -0.15) is 0 Å². The third-order valence-corrected chi connectivity index (χ3v) is 8.23. The van der Waals surface area contributed by atoms with Gasteiger partial charge in [-0.1, -0.05) is 34.4 Å². The van der Waals surface area contributed by atoms with Crippen molar-refractivity contribution in [3.8, 4) is 22.3 Å². The van der Waals surface area contributed by atoms with Crippen LogP contribution in [0.1, 0.15) is 53.0 Å². The zero-order chi connectivity index (χ0) is 23.8. The van der Waals surface area contributed by atoms with Gasteiger partial charge in [-0.3, -0.25) is 10.3 Å². The molecule has 0 fully saturated rings. The number of nitrogens with one attached hydrogen (secondary N) is 1. The molecule has 1 amide bonds. The molecule has 2 N–H and O–H groups in total. The molecular formula is C23H21ClN4O3S2. The number of carboxylic acid groups (broad SMARTS) is 1. The van der Waals surface area contributed by atoms with E-state index in [1.807, 2.05) is 32.9 Å². The van der Waals surface area contributed by atoms with E-state index in [0.29, 0.717) is 22.4 Å². The molecule has 170 valence electrons. The topological polar surface area (TPSA) is 101 Å². The van der Waals surface area contributed by atoms with Gasteiger partial charge in [0.05, 0.1) is 21.1 Å². The maximum absolute atomic E-state index is 11.4. The van der Waals surface area contributed by atoms with Crippen LogP contribution in [0, 0.1) is 25.7 Å². The van der Waals surface area contributed by atoms with E-state index in [0.717, 1.165) is 32.1 Å². The van der Waals surface area contributed by atoms with Gasteiger partial charge in [0, 0.05) is 39.2 Å². The Bertz CT molecular complexity index is 1300. The minimum atomic E-state index is -1.17. The molecule has 0 aromatic carbocycles. The molecule has 3 aromatic heterocycles. The third-order valence-electron chi connectivity index (χ3n) is 5.28. The van der Waals surface area contributed by atoms with Crippen molar-refractivity contribution in [2.24, 2.45) is 4.99 Å². The number of halogens is 1. The van der Waals surface area contributed by atoms with E-state index in [1.165, 1.54) is 23.1 Å². The fourth-order valence-corrected chi connectivity index (χ4v) is 7.06. The molecule has 0 bridgehead atoms. The van der Waals surface area contributed by atoms with E-state index in [1.54, 1.807) is 19.3 Å². The van der Waals surface area contributed by atoms with E-state index in [4.69, 9.17) is 21.1 Å². The summed E-state index contributed by atoms with van der Waals surface area (Å²) >= 11 is 9.60. The van der Waals surface area contributed by atoms with E-state index >= 15 is 0 Å². The van der Waals surface area contributed by atoms with Crippen LogP contribution in [0.5, 0.6) is 0 Å². The van der Waals surface area contributed by atoms with Crippen LogP contribution >= 0.6 is 34.7 Å². The van der Waals surface area contributed by atoms with E-state index in [9.17, 15) is 9.90 Å². The number of aryl methyl sites for hydroxylation is 2.